The summed E-state index contributed by atoms with van der Waals surface area (Å²) in [4.78, 5) is 0. The summed E-state index contributed by atoms with van der Waals surface area (Å²) in [5.41, 5.74) is 2.51. The zero-order chi connectivity index (χ0) is 18.1. The minimum Gasteiger partial charge on any atom is -0.377 e. The predicted molar refractivity (Wildman–Crippen MR) is 97.0 cm³/mol. The van der Waals surface area contributed by atoms with Crippen LogP contribution in [0.15, 0.2) is 24.3 Å². The second-order valence-corrected chi connectivity index (χ2v) is 11.5. The number of benzene rings is 1. The number of hydrogen-bond donors (Lipinski definition) is 0. The molecular weight excluding hydrogens is 344 g/mol. The maximum atomic E-state index is 5.51. The molecule has 8 heteroatoms. The van der Waals surface area contributed by atoms with Crippen LogP contribution >= 0.6 is 0 Å². The fourth-order valence-corrected chi connectivity index (χ4v) is 6.11. The molecule has 1 aromatic carbocycles. The van der Waals surface area contributed by atoms with Gasteiger partial charge in [-0.15, -0.1) is 0 Å². The van der Waals surface area contributed by atoms with Crippen molar-refractivity contribution in [3.63, 3.8) is 0 Å². The van der Waals surface area contributed by atoms with Crippen molar-refractivity contribution in [1.82, 2.24) is 0 Å². The van der Waals surface area contributed by atoms with Crippen molar-refractivity contribution in [2.75, 3.05) is 42.7 Å². The highest BCUT2D eigenvalue weighted by molar-refractivity contribution is 6.61. The van der Waals surface area contributed by atoms with Gasteiger partial charge in [-0.3, -0.25) is 0 Å². The van der Waals surface area contributed by atoms with Crippen molar-refractivity contribution >= 4 is 17.6 Å². The van der Waals surface area contributed by atoms with Crippen molar-refractivity contribution < 1.29 is 26.6 Å². The summed E-state index contributed by atoms with van der Waals surface area (Å²) in [5.74, 6) is 0. The van der Waals surface area contributed by atoms with E-state index in [0.717, 1.165) is 24.9 Å². The topological polar surface area (TPSA) is 55.4 Å². The third kappa shape index (κ3) is 5.46. The van der Waals surface area contributed by atoms with E-state index in [1.807, 2.05) is 12.1 Å². The molecule has 0 aromatic heterocycles. The van der Waals surface area contributed by atoms with Gasteiger partial charge in [-0.05, 0) is 24.0 Å². The third-order valence-electron chi connectivity index (χ3n) is 4.39. The minimum absolute atomic E-state index is 0.731. The zero-order valence-electron chi connectivity index (χ0n) is 15.6. The lowest BCUT2D eigenvalue weighted by atomic mass is 10.0. The van der Waals surface area contributed by atoms with Crippen molar-refractivity contribution in [3.05, 3.63) is 35.4 Å². The highest BCUT2D eigenvalue weighted by Crippen LogP contribution is 2.22. The molecule has 0 aliphatic carbocycles. The van der Waals surface area contributed by atoms with Gasteiger partial charge in [0.05, 0.1) is 0 Å². The van der Waals surface area contributed by atoms with Gasteiger partial charge in [0.1, 0.15) is 0 Å². The van der Waals surface area contributed by atoms with Crippen LogP contribution in [0.4, 0.5) is 0 Å². The van der Waals surface area contributed by atoms with Gasteiger partial charge in [0, 0.05) is 54.7 Å². The first-order valence-electron chi connectivity index (χ1n) is 7.92. The molecular formula is C16H30O6Si2. The van der Waals surface area contributed by atoms with Crippen molar-refractivity contribution in [2.24, 2.45) is 0 Å². The molecule has 1 rings (SSSR count). The molecule has 0 atom stereocenters. The molecule has 1 aromatic rings. The molecule has 6 nitrogen and oxygen atoms in total. The molecule has 0 heterocycles. The van der Waals surface area contributed by atoms with Crippen molar-refractivity contribution in [1.29, 1.82) is 0 Å². The van der Waals surface area contributed by atoms with Gasteiger partial charge >= 0.3 is 17.6 Å². The molecule has 0 saturated carbocycles. The Kier molecular flexibility index (Phi) is 9.31. The lowest BCUT2D eigenvalue weighted by Gasteiger charge is -2.26. The fraction of sp³-hybridized carbons (Fsp3) is 0.625. The lowest BCUT2D eigenvalue weighted by molar-refractivity contribution is 0.123. The third-order valence-corrected chi connectivity index (χ3v) is 9.84. The van der Waals surface area contributed by atoms with Crippen molar-refractivity contribution in [2.45, 2.75) is 24.9 Å². The van der Waals surface area contributed by atoms with Crippen LogP contribution in [-0.2, 0) is 39.4 Å². The summed E-state index contributed by atoms with van der Waals surface area (Å²) in [6.07, 6.45) is 1.67. The van der Waals surface area contributed by atoms with Gasteiger partial charge < -0.3 is 26.6 Å². The van der Waals surface area contributed by atoms with Gasteiger partial charge in [0.15, 0.2) is 0 Å². The molecule has 0 amide bonds. The molecule has 0 bridgehead atoms. The highest BCUT2D eigenvalue weighted by atomic mass is 28.4. The average molecular weight is 375 g/mol. The first kappa shape index (κ1) is 21.5. The second-order valence-electron chi connectivity index (χ2n) is 5.36. The van der Waals surface area contributed by atoms with E-state index in [1.165, 1.54) is 11.1 Å². The average Bonchev–Trinajstić information content (AvgIpc) is 2.66. The summed E-state index contributed by atoms with van der Waals surface area (Å²) >= 11 is 0. The van der Waals surface area contributed by atoms with E-state index < -0.39 is 17.6 Å². The van der Waals surface area contributed by atoms with E-state index in [9.17, 15) is 0 Å². The van der Waals surface area contributed by atoms with Crippen LogP contribution in [0.3, 0.4) is 0 Å². The first-order valence-corrected chi connectivity index (χ1v) is 11.8. The molecule has 24 heavy (non-hydrogen) atoms. The van der Waals surface area contributed by atoms with E-state index in [2.05, 4.69) is 12.1 Å². The fourth-order valence-electron chi connectivity index (χ4n) is 2.73. The quantitative estimate of drug-likeness (QED) is 0.524. The predicted octanol–water partition coefficient (Wildman–Crippen LogP) is 2.53. The van der Waals surface area contributed by atoms with Gasteiger partial charge in [-0.1, -0.05) is 24.3 Å². The van der Waals surface area contributed by atoms with Crippen LogP contribution in [0.2, 0.25) is 12.1 Å². The van der Waals surface area contributed by atoms with Gasteiger partial charge in [0.25, 0.3) is 0 Å². The Hall–Kier alpha value is -0.586. The summed E-state index contributed by atoms with van der Waals surface area (Å²) in [7, 11) is 4.70. The Morgan fingerprint density at radius 1 is 0.583 bits per heavy atom. The maximum absolute atomic E-state index is 5.51. The van der Waals surface area contributed by atoms with E-state index in [-0.39, 0.29) is 0 Å². The second kappa shape index (κ2) is 10.4. The van der Waals surface area contributed by atoms with Crippen LogP contribution in [0.1, 0.15) is 11.1 Å². The van der Waals surface area contributed by atoms with Crippen LogP contribution in [0.5, 0.6) is 0 Å². The first-order chi connectivity index (χ1) is 11.5. The Labute approximate surface area is 147 Å². The molecule has 0 unspecified atom stereocenters. The molecule has 0 saturated heterocycles. The Balaban J connectivity index is 2.81. The largest absolute Gasteiger partial charge is 0.500 e. The molecule has 0 N–H and O–H groups in total. The zero-order valence-corrected chi connectivity index (χ0v) is 17.6. The van der Waals surface area contributed by atoms with Gasteiger partial charge in [-0.2, -0.15) is 0 Å². The number of aryl methyl sites for hydroxylation is 2. The Morgan fingerprint density at radius 2 is 0.875 bits per heavy atom. The molecule has 0 spiro atoms. The molecule has 0 aliphatic rings. The van der Waals surface area contributed by atoms with Crippen LogP contribution in [0.25, 0.3) is 0 Å². The Morgan fingerprint density at radius 3 is 1.12 bits per heavy atom. The Bertz CT molecular complexity index is 418. The maximum Gasteiger partial charge on any atom is 0.500 e. The highest BCUT2D eigenvalue weighted by Gasteiger charge is 2.38. The summed E-state index contributed by atoms with van der Waals surface area (Å²) < 4.78 is 33.0. The monoisotopic (exact) mass is 374 g/mol. The minimum atomic E-state index is -2.57. The number of rotatable bonds is 12. The van der Waals surface area contributed by atoms with E-state index >= 15 is 0 Å². The lowest BCUT2D eigenvalue weighted by Crippen LogP contribution is -2.43. The van der Waals surface area contributed by atoms with Crippen LogP contribution in [-0.4, -0.2) is 60.3 Å². The van der Waals surface area contributed by atoms with Crippen LogP contribution in [0, 0.1) is 0 Å². The summed E-state index contributed by atoms with van der Waals surface area (Å²) in [6.45, 7) is 0. The molecule has 0 radical (unpaired) electrons. The van der Waals surface area contributed by atoms with E-state index in [1.54, 1.807) is 42.7 Å². The molecule has 0 fully saturated rings. The van der Waals surface area contributed by atoms with E-state index in [4.69, 9.17) is 26.6 Å². The van der Waals surface area contributed by atoms with E-state index in [0.29, 0.717) is 0 Å². The normalized spacial score (nSPS) is 12.6. The SMILES string of the molecule is CO[Si](CCc1ccccc1CC[Si](OC)(OC)OC)(OC)OC. The summed E-state index contributed by atoms with van der Waals surface area (Å²) in [5, 5.41) is 0. The number of hydrogen-bond acceptors (Lipinski definition) is 6. The summed E-state index contributed by atoms with van der Waals surface area (Å²) in [6, 6.07) is 9.81. The molecule has 0 aliphatic heterocycles. The molecule has 138 valence electrons. The van der Waals surface area contributed by atoms with Gasteiger partial charge in [0.2, 0.25) is 0 Å². The van der Waals surface area contributed by atoms with Crippen molar-refractivity contribution in [3.8, 4) is 0 Å². The smallest absolute Gasteiger partial charge is 0.377 e. The standard InChI is InChI=1S/C16H30O6Si2/c1-17-23(18-2,19-3)13-11-15-9-7-8-10-16(15)12-14-24(20-4,21-5)22-6/h7-10H,11-14H2,1-6H3. The van der Waals surface area contributed by atoms with Crippen LogP contribution < -0.4 is 0 Å². The van der Waals surface area contributed by atoms with Gasteiger partial charge in [-0.25, -0.2) is 0 Å².